The Morgan fingerprint density at radius 3 is 2.73 bits per heavy atom. The van der Waals surface area contributed by atoms with Crippen LogP contribution < -0.4 is 15.8 Å². The predicted octanol–water partition coefficient (Wildman–Crippen LogP) is 1.85. The number of primary amides is 1. The van der Waals surface area contributed by atoms with Crippen LogP contribution in [0.25, 0.3) is 0 Å². The van der Waals surface area contributed by atoms with E-state index in [2.05, 4.69) is 16.3 Å². The van der Waals surface area contributed by atoms with Crippen molar-refractivity contribution in [3.05, 3.63) is 29.8 Å². The molecule has 6 nitrogen and oxygen atoms in total. The second kappa shape index (κ2) is 9.24. The third-order valence-corrected chi connectivity index (χ3v) is 5.46. The predicted molar refractivity (Wildman–Crippen MR) is 102 cm³/mol. The van der Waals surface area contributed by atoms with Gasteiger partial charge in [-0.3, -0.25) is 14.5 Å². The van der Waals surface area contributed by atoms with Gasteiger partial charge in [-0.1, -0.05) is 12.1 Å². The summed E-state index contributed by atoms with van der Waals surface area (Å²) < 4.78 is 5.38. The fraction of sp³-hybridized carbons (Fsp3) is 0.579. The number of ether oxygens (including phenoxy) is 1. The quantitative estimate of drug-likeness (QED) is 0.815. The zero-order valence-electron chi connectivity index (χ0n) is 15.0. The number of piperidine rings is 1. The molecule has 3 rings (SSSR count). The summed E-state index contributed by atoms with van der Waals surface area (Å²) in [6, 6.07) is 7.84. The number of hydrogen-bond acceptors (Lipinski definition) is 4. The van der Waals surface area contributed by atoms with Gasteiger partial charge in [-0.05, 0) is 61.9 Å². The van der Waals surface area contributed by atoms with E-state index in [-0.39, 0.29) is 24.9 Å². The maximum absolute atomic E-state index is 11.6. The second-order valence-corrected chi connectivity index (χ2v) is 7.28. The molecular weight excluding hydrogens is 354 g/mol. The Labute approximate surface area is 160 Å². The van der Waals surface area contributed by atoms with E-state index in [1.807, 2.05) is 18.2 Å². The van der Waals surface area contributed by atoms with Crippen LogP contribution >= 0.6 is 12.4 Å². The lowest BCUT2D eigenvalue weighted by Crippen LogP contribution is -2.40. The number of carbonyl (C=O) groups is 2. The third-order valence-electron chi connectivity index (χ3n) is 5.46. The van der Waals surface area contributed by atoms with Crippen LogP contribution in [0.2, 0.25) is 0 Å². The van der Waals surface area contributed by atoms with Gasteiger partial charge in [0.05, 0.1) is 0 Å². The summed E-state index contributed by atoms with van der Waals surface area (Å²) in [5, 5.41) is 2.99. The first-order chi connectivity index (χ1) is 12.0. The molecule has 2 fully saturated rings. The Kier molecular flexibility index (Phi) is 7.29. The summed E-state index contributed by atoms with van der Waals surface area (Å²) in [6.07, 6.45) is 5.09. The lowest BCUT2D eigenvalue weighted by atomic mass is 9.73. The van der Waals surface area contributed by atoms with Gasteiger partial charge in [0.15, 0.2) is 6.61 Å². The number of nitrogens with one attached hydrogen (secondary N) is 1. The maximum Gasteiger partial charge on any atom is 0.255 e. The van der Waals surface area contributed by atoms with Crippen molar-refractivity contribution in [3.8, 4) is 5.75 Å². The molecule has 1 spiro atoms. The first-order valence-electron chi connectivity index (χ1n) is 9.04. The molecule has 0 aliphatic carbocycles. The minimum atomic E-state index is -0.469. The van der Waals surface area contributed by atoms with E-state index in [4.69, 9.17) is 10.5 Å². The molecular formula is C19H28ClN3O3. The number of nitrogens with zero attached hydrogens (tertiary/aromatic N) is 1. The van der Waals surface area contributed by atoms with Crippen LogP contribution in [0.5, 0.6) is 5.75 Å². The average molecular weight is 382 g/mol. The molecule has 2 saturated heterocycles. The third kappa shape index (κ3) is 5.61. The zero-order chi connectivity index (χ0) is 17.7. The SMILES string of the molecule is Cl.NC(=O)COc1cccc(CN2CCC3(CCNC(=O)CC3)CC2)c1. The van der Waals surface area contributed by atoms with Crippen molar-refractivity contribution in [1.82, 2.24) is 10.2 Å². The summed E-state index contributed by atoms with van der Waals surface area (Å²) in [6.45, 7) is 3.71. The number of carbonyl (C=O) groups excluding carboxylic acids is 2. The largest absolute Gasteiger partial charge is 0.484 e. The number of likely N-dealkylation sites (tertiary alicyclic amines) is 1. The number of amides is 2. The number of hydrogen-bond donors (Lipinski definition) is 2. The molecule has 2 amide bonds. The van der Waals surface area contributed by atoms with Gasteiger partial charge in [-0.25, -0.2) is 0 Å². The molecule has 0 bridgehead atoms. The Balaban J connectivity index is 0.00000243. The van der Waals surface area contributed by atoms with Crippen LogP contribution in [0.15, 0.2) is 24.3 Å². The van der Waals surface area contributed by atoms with Gasteiger partial charge in [0, 0.05) is 19.5 Å². The normalized spacial score (nSPS) is 19.9. The van der Waals surface area contributed by atoms with Crippen LogP contribution in [0, 0.1) is 5.41 Å². The highest BCUT2D eigenvalue weighted by Crippen LogP contribution is 2.40. The molecule has 26 heavy (non-hydrogen) atoms. The van der Waals surface area contributed by atoms with E-state index in [0.717, 1.165) is 51.9 Å². The van der Waals surface area contributed by atoms with E-state index < -0.39 is 5.91 Å². The van der Waals surface area contributed by atoms with Gasteiger partial charge in [0.1, 0.15) is 5.75 Å². The molecule has 2 aliphatic heterocycles. The number of rotatable bonds is 5. The average Bonchev–Trinajstić information content (AvgIpc) is 2.78. The Hall–Kier alpha value is -1.79. The van der Waals surface area contributed by atoms with Crippen molar-refractivity contribution in [1.29, 1.82) is 0 Å². The van der Waals surface area contributed by atoms with Crippen LogP contribution in [0.3, 0.4) is 0 Å². The lowest BCUT2D eigenvalue weighted by molar-refractivity contribution is -0.121. The fourth-order valence-electron chi connectivity index (χ4n) is 3.89. The van der Waals surface area contributed by atoms with Gasteiger partial charge in [-0.2, -0.15) is 0 Å². The van der Waals surface area contributed by atoms with Crippen molar-refractivity contribution in [2.75, 3.05) is 26.2 Å². The molecule has 2 heterocycles. The minimum Gasteiger partial charge on any atom is -0.484 e. The number of nitrogens with two attached hydrogens (primary N) is 1. The Morgan fingerprint density at radius 2 is 2.00 bits per heavy atom. The maximum atomic E-state index is 11.6. The van der Waals surface area contributed by atoms with Crippen molar-refractivity contribution in [3.63, 3.8) is 0 Å². The molecule has 3 N–H and O–H groups in total. The first kappa shape index (κ1) is 20.5. The fourth-order valence-corrected chi connectivity index (χ4v) is 3.89. The van der Waals surface area contributed by atoms with Crippen LogP contribution in [0.4, 0.5) is 0 Å². The number of benzene rings is 1. The van der Waals surface area contributed by atoms with E-state index in [0.29, 0.717) is 17.6 Å². The summed E-state index contributed by atoms with van der Waals surface area (Å²) in [7, 11) is 0. The lowest BCUT2D eigenvalue weighted by Gasteiger charge is -2.41. The van der Waals surface area contributed by atoms with Gasteiger partial charge in [-0.15, -0.1) is 12.4 Å². The first-order valence-corrected chi connectivity index (χ1v) is 9.04. The van der Waals surface area contributed by atoms with Crippen molar-refractivity contribution < 1.29 is 14.3 Å². The second-order valence-electron chi connectivity index (χ2n) is 7.28. The zero-order valence-corrected chi connectivity index (χ0v) is 15.9. The topological polar surface area (TPSA) is 84.7 Å². The van der Waals surface area contributed by atoms with Crippen molar-refractivity contribution in [2.24, 2.45) is 11.1 Å². The van der Waals surface area contributed by atoms with Crippen molar-refractivity contribution >= 4 is 24.2 Å². The summed E-state index contributed by atoms with van der Waals surface area (Å²) in [4.78, 5) is 24.9. The monoisotopic (exact) mass is 381 g/mol. The summed E-state index contributed by atoms with van der Waals surface area (Å²) in [5.41, 5.74) is 6.63. The highest BCUT2D eigenvalue weighted by Gasteiger charge is 2.35. The van der Waals surface area contributed by atoms with E-state index in [9.17, 15) is 9.59 Å². The van der Waals surface area contributed by atoms with Gasteiger partial charge in [0.25, 0.3) is 5.91 Å². The molecule has 0 unspecified atom stereocenters. The van der Waals surface area contributed by atoms with E-state index in [1.165, 1.54) is 5.56 Å². The van der Waals surface area contributed by atoms with Gasteiger partial charge in [0.2, 0.25) is 5.91 Å². The molecule has 7 heteroatoms. The van der Waals surface area contributed by atoms with Gasteiger partial charge >= 0.3 is 0 Å². The molecule has 144 valence electrons. The summed E-state index contributed by atoms with van der Waals surface area (Å²) >= 11 is 0. The Morgan fingerprint density at radius 1 is 1.23 bits per heavy atom. The number of halogens is 1. The molecule has 0 saturated carbocycles. The Bertz CT molecular complexity index is 630. The van der Waals surface area contributed by atoms with Crippen LogP contribution in [-0.4, -0.2) is 43.0 Å². The standard InChI is InChI=1S/C19H27N3O3.ClH/c20-17(23)14-25-16-3-1-2-15(12-16)13-22-10-7-19(8-11-22)5-4-18(24)21-9-6-19;/h1-3,12H,4-11,13-14H2,(H2,20,23)(H,21,24);1H. The molecule has 0 radical (unpaired) electrons. The molecule has 0 aromatic heterocycles. The molecule has 1 aromatic rings. The highest BCUT2D eigenvalue weighted by atomic mass is 35.5. The minimum absolute atomic E-state index is 0. The molecule has 2 aliphatic rings. The smallest absolute Gasteiger partial charge is 0.255 e. The van der Waals surface area contributed by atoms with Crippen LogP contribution in [-0.2, 0) is 16.1 Å². The summed E-state index contributed by atoms with van der Waals surface area (Å²) in [5.74, 6) is 0.410. The van der Waals surface area contributed by atoms with Gasteiger partial charge < -0.3 is 15.8 Å². The highest BCUT2D eigenvalue weighted by molar-refractivity contribution is 5.85. The van der Waals surface area contributed by atoms with E-state index >= 15 is 0 Å². The van der Waals surface area contributed by atoms with E-state index in [1.54, 1.807) is 0 Å². The van der Waals surface area contributed by atoms with Crippen LogP contribution in [0.1, 0.15) is 37.7 Å². The molecule has 1 aromatic carbocycles. The molecule has 0 atom stereocenters. The van der Waals surface area contributed by atoms with Crippen molar-refractivity contribution in [2.45, 2.75) is 38.6 Å².